The Kier molecular flexibility index (Phi) is 5.31. The highest BCUT2D eigenvalue weighted by atomic mass is 16.5. The second-order valence-corrected chi connectivity index (χ2v) is 4.56. The summed E-state index contributed by atoms with van der Waals surface area (Å²) >= 11 is 0. The monoisotopic (exact) mass is 300 g/mol. The molecule has 0 unspecified atom stereocenters. The van der Waals surface area contributed by atoms with Crippen LogP contribution in [0.15, 0.2) is 36.4 Å². The SMILES string of the molecule is COc1ccc(/C=C/c2ccc(OC)c(OC)c2)cc1OC. The van der Waals surface area contributed by atoms with E-state index >= 15 is 0 Å². The highest BCUT2D eigenvalue weighted by Gasteiger charge is 2.04. The Bertz CT molecular complexity index is 605. The summed E-state index contributed by atoms with van der Waals surface area (Å²) in [5.41, 5.74) is 2.04. The van der Waals surface area contributed by atoms with Crippen LogP contribution in [0.25, 0.3) is 12.2 Å². The van der Waals surface area contributed by atoms with E-state index in [1.54, 1.807) is 28.4 Å². The Morgan fingerprint density at radius 2 is 0.909 bits per heavy atom. The number of hydrogen-bond acceptors (Lipinski definition) is 4. The molecule has 2 aromatic carbocycles. The maximum Gasteiger partial charge on any atom is 0.161 e. The summed E-state index contributed by atoms with van der Waals surface area (Å²) in [7, 11) is 6.49. The molecule has 0 atom stereocenters. The fourth-order valence-corrected chi connectivity index (χ4v) is 2.11. The minimum atomic E-state index is 0.706. The Hall–Kier alpha value is -2.62. The number of rotatable bonds is 6. The number of ether oxygens (including phenoxy) is 4. The van der Waals surface area contributed by atoms with E-state index in [9.17, 15) is 0 Å². The summed E-state index contributed by atoms with van der Waals surface area (Å²) in [6.45, 7) is 0. The minimum absolute atomic E-state index is 0.706. The van der Waals surface area contributed by atoms with E-state index in [0.29, 0.717) is 23.0 Å². The average molecular weight is 300 g/mol. The third-order valence-electron chi connectivity index (χ3n) is 3.28. The molecule has 2 rings (SSSR count). The van der Waals surface area contributed by atoms with Crippen LogP contribution in [-0.2, 0) is 0 Å². The van der Waals surface area contributed by atoms with Crippen LogP contribution in [0, 0.1) is 0 Å². The Balaban J connectivity index is 2.25. The van der Waals surface area contributed by atoms with Gasteiger partial charge in [-0.3, -0.25) is 0 Å². The first-order valence-corrected chi connectivity index (χ1v) is 6.84. The fraction of sp³-hybridized carbons (Fsp3) is 0.222. The largest absolute Gasteiger partial charge is 0.493 e. The minimum Gasteiger partial charge on any atom is -0.493 e. The van der Waals surface area contributed by atoms with Crippen molar-refractivity contribution < 1.29 is 18.9 Å². The topological polar surface area (TPSA) is 36.9 Å². The maximum absolute atomic E-state index is 5.30. The molecule has 0 aliphatic carbocycles. The molecule has 0 spiro atoms. The highest BCUT2D eigenvalue weighted by molar-refractivity contribution is 5.72. The molecule has 22 heavy (non-hydrogen) atoms. The Morgan fingerprint density at radius 1 is 0.545 bits per heavy atom. The van der Waals surface area contributed by atoms with Crippen molar-refractivity contribution in [2.24, 2.45) is 0 Å². The smallest absolute Gasteiger partial charge is 0.161 e. The van der Waals surface area contributed by atoms with Crippen LogP contribution < -0.4 is 18.9 Å². The van der Waals surface area contributed by atoms with Crippen molar-refractivity contribution in [3.63, 3.8) is 0 Å². The van der Waals surface area contributed by atoms with Gasteiger partial charge < -0.3 is 18.9 Å². The predicted octanol–water partition coefficient (Wildman–Crippen LogP) is 3.89. The number of hydrogen-bond donors (Lipinski definition) is 0. The first-order chi connectivity index (χ1) is 10.7. The summed E-state index contributed by atoms with van der Waals surface area (Å²) < 4.78 is 21.1. The molecule has 0 fully saturated rings. The molecule has 0 bridgehead atoms. The molecule has 116 valence electrons. The van der Waals surface area contributed by atoms with Crippen molar-refractivity contribution >= 4 is 12.2 Å². The molecule has 4 heteroatoms. The lowest BCUT2D eigenvalue weighted by Crippen LogP contribution is -1.91. The van der Waals surface area contributed by atoms with Gasteiger partial charge in [-0.05, 0) is 35.4 Å². The number of benzene rings is 2. The number of methoxy groups -OCH3 is 4. The van der Waals surface area contributed by atoms with Crippen LogP contribution in [0.1, 0.15) is 11.1 Å². The van der Waals surface area contributed by atoms with Crippen LogP contribution >= 0.6 is 0 Å². The molecule has 0 heterocycles. The molecular formula is C18H20O4. The molecule has 0 saturated carbocycles. The zero-order valence-corrected chi connectivity index (χ0v) is 13.3. The first kappa shape index (κ1) is 15.8. The zero-order chi connectivity index (χ0) is 15.9. The normalized spacial score (nSPS) is 10.5. The zero-order valence-electron chi connectivity index (χ0n) is 13.3. The van der Waals surface area contributed by atoms with Crippen LogP contribution in [0.3, 0.4) is 0 Å². The van der Waals surface area contributed by atoms with Gasteiger partial charge in [0.05, 0.1) is 28.4 Å². The van der Waals surface area contributed by atoms with Crippen LogP contribution in [-0.4, -0.2) is 28.4 Å². The summed E-state index contributed by atoms with van der Waals surface area (Å²) in [6.07, 6.45) is 4.01. The van der Waals surface area contributed by atoms with E-state index < -0.39 is 0 Å². The third kappa shape index (κ3) is 3.52. The van der Waals surface area contributed by atoms with Crippen molar-refractivity contribution in [3.8, 4) is 23.0 Å². The van der Waals surface area contributed by atoms with Gasteiger partial charge in [-0.15, -0.1) is 0 Å². The summed E-state index contributed by atoms with van der Waals surface area (Å²) in [4.78, 5) is 0. The van der Waals surface area contributed by atoms with Gasteiger partial charge in [0, 0.05) is 0 Å². The van der Waals surface area contributed by atoms with E-state index in [0.717, 1.165) is 11.1 Å². The summed E-state index contributed by atoms with van der Waals surface area (Å²) in [6, 6.07) is 11.6. The van der Waals surface area contributed by atoms with Gasteiger partial charge in [0.2, 0.25) is 0 Å². The van der Waals surface area contributed by atoms with Crippen molar-refractivity contribution in [3.05, 3.63) is 47.5 Å². The van der Waals surface area contributed by atoms with Crippen molar-refractivity contribution in [1.82, 2.24) is 0 Å². The average Bonchev–Trinajstić information content (AvgIpc) is 2.59. The fourth-order valence-electron chi connectivity index (χ4n) is 2.11. The maximum atomic E-state index is 5.30. The van der Waals surface area contributed by atoms with E-state index in [4.69, 9.17) is 18.9 Å². The van der Waals surface area contributed by atoms with Gasteiger partial charge in [0.1, 0.15) is 0 Å². The van der Waals surface area contributed by atoms with Crippen LogP contribution in [0.5, 0.6) is 23.0 Å². The molecule has 0 amide bonds. The van der Waals surface area contributed by atoms with Crippen molar-refractivity contribution in [1.29, 1.82) is 0 Å². The lowest BCUT2D eigenvalue weighted by atomic mass is 10.1. The molecule has 0 N–H and O–H groups in total. The molecule has 0 aromatic heterocycles. The van der Waals surface area contributed by atoms with Gasteiger partial charge in [-0.1, -0.05) is 24.3 Å². The first-order valence-electron chi connectivity index (χ1n) is 6.84. The van der Waals surface area contributed by atoms with Gasteiger partial charge in [-0.25, -0.2) is 0 Å². The quantitative estimate of drug-likeness (QED) is 0.758. The van der Waals surface area contributed by atoms with E-state index in [1.165, 1.54) is 0 Å². The Labute approximate surface area is 130 Å². The van der Waals surface area contributed by atoms with E-state index in [1.807, 2.05) is 48.6 Å². The highest BCUT2D eigenvalue weighted by Crippen LogP contribution is 2.30. The molecular weight excluding hydrogens is 280 g/mol. The van der Waals surface area contributed by atoms with Crippen molar-refractivity contribution in [2.75, 3.05) is 28.4 Å². The predicted molar refractivity (Wildman–Crippen MR) is 88.0 cm³/mol. The van der Waals surface area contributed by atoms with E-state index in [2.05, 4.69) is 0 Å². The lowest BCUT2D eigenvalue weighted by molar-refractivity contribution is 0.355. The van der Waals surface area contributed by atoms with Crippen LogP contribution in [0.4, 0.5) is 0 Å². The van der Waals surface area contributed by atoms with Gasteiger partial charge in [-0.2, -0.15) is 0 Å². The summed E-state index contributed by atoms with van der Waals surface area (Å²) in [5, 5.41) is 0. The summed E-state index contributed by atoms with van der Waals surface area (Å²) in [5.74, 6) is 2.84. The second-order valence-electron chi connectivity index (χ2n) is 4.56. The molecule has 0 saturated heterocycles. The lowest BCUT2D eigenvalue weighted by Gasteiger charge is -2.08. The van der Waals surface area contributed by atoms with E-state index in [-0.39, 0.29) is 0 Å². The molecule has 0 aliphatic rings. The van der Waals surface area contributed by atoms with Crippen LogP contribution in [0.2, 0.25) is 0 Å². The molecule has 4 nitrogen and oxygen atoms in total. The van der Waals surface area contributed by atoms with Gasteiger partial charge in [0.25, 0.3) is 0 Å². The molecule has 0 aliphatic heterocycles. The Morgan fingerprint density at radius 3 is 1.23 bits per heavy atom. The van der Waals surface area contributed by atoms with Gasteiger partial charge >= 0.3 is 0 Å². The van der Waals surface area contributed by atoms with Crippen molar-refractivity contribution in [2.45, 2.75) is 0 Å². The molecule has 0 radical (unpaired) electrons. The van der Waals surface area contributed by atoms with Gasteiger partial charge in [0.15, 0.2) is 23.0 Å². The second kappa shape index (κ2) is 7.41. The third-order valence-corrected chi connectivity index (χ3v) is 3.28. The standard InChI is InChI=1S/C18H20O4/c1-19-15-9-7-13(11-17(15)21-3)5-6-14-8-10-16(20-2)18(12-14)22-4/h5-12H,1-4H3/b6-5+. The molecule has 2 aromatic rings.